The molecule has 15 heavy (non-hydrogen) atoms. The monoisotopic (exact) mass is 218 g/mol. The van der Waals surface area contributed by atoms with Gasteiger partial charge in [-0.15, -0.1) is 0 Å². The topological polar surface area (TPSA) is 28.1 Å². The van der Waals surface area contributed by atoms with E-state index in [4.69, 9.17) is 5.39 Å². The molecule has 0 aliphatic heterocycles. The van der Waals surface area contributed by atoms with Crippen LogP contribution >= 0.6 is 0 Å². The summed E-state index contributed by atoms with van der Waals surface area (Å²) in [6, 6.07) is 7.16. The van der Waals surface area contributed by atoms with Gasteiger partial charge in [0, 0.05) is 12.1 Å². The van der Waals surface area contributed by atoms with Gasteiger partial charge in [-0.25, -0.2) is 0 Å². The van der Waals surface area contributed by atoms with E-state index in [1.165, 1.54) is 0 Å². The second kappa shape index (κ2) is 5.80. The van der Waals surface area contributed by atoms with E-state index >= 15 is 0 Å². The maximum atomic E-state index is 9.75. The predicted molar refractivity (Wildman–Crippen MR) is 51.5 cm³/mol. The Balaban J connectivity index is 0.000000336. The number of rotatable bonds is 1. The number of diazo groups is 1. The minimum absolute atomic E-state index is 0.553. The van der Waals surface area contributed by atoms with Crippen LogP contribution < -0.4 is 0 Å². The minimum atomic E-state index is -6.00. The lowest BCUT2D eigenvalue weighted by Gasteiger charge is -1.94. The smallest absolute Gasteiger partial charge is 0.418 e. The molecule has 0 aliphatic rings. The fourth-order valence-corrected chi connectivity index (χ4v) is 0.714. The van der Waals surface area contributed by atoms with Gasteiger partial charge in [-0.2, -0.15) is 0 Å². The first-order valence-corrected chi connectivity index (χ1v) is 3.81. The number of halogens is 4. The van der Waals surface area contributed by atoms with Gasteiger partial charge < -0.3 is 17.3 Å². The van der Waals surface area contributed by atoms with Crippen molar-refractivity contribution in [3.8, 4) is 0 Å². The molecule has 1 aromatic carbocycles. The fraction of sp³-hybridized carbons (Fsp3) is 0. The van der Waals surface area contributed by atoms with Crippen molar-refractivity contribution in [2.45, 2.75) is 0 Å². The highest BCUT2D eigenvalue weighted by atomic mass is 19.5. The lowest BCUT2D eigenvalue weighted by molar-refractivity contribution is 0.368. The summed E-state index contributed by atoms with van der Waals surface area (Å²) < 4.78 is 39.0. The zero-order chi connectivity index (χ0) is 11.9. The molecule has 0 unspecified atom stereocenters. The molecule has 1 rings (SSSR count). The van der Waals surface area contributed by atoms with Crippen molar-refractivity contribution in [1.29, 1.82) is 5.39 Å². The normalized spacial score (nSPS) is 9.53. The summed E-state index contributed by atoms with van der Waals surface area (Å²) in [5.74, 6) is 0. The van der Waals surface area contributed by atoms with Gasteiger partial charge >= 0.3 is 12.9 Å². The molecule has 0 aliphatic carbocycles. The average molecular weight is 218 g/mol. The first kappa shape index (κ1) is 13.2. The maximum absolute atomic E-state index is 9.75. The molecule has 1 aromatic rings. The molecule has 0 fully saturated rings. The second-order valence-corrected chi connectivity index (χ2v) is 2.39. The number of hydrogen-bond acceptors (Lipinski definition) is 1. The highest BCUT2D eigenvalue weighted by Gasteiger charge is 2.20. The molecule has 0 saturated heterocycles. The van der Waals surface area contributed by atoms with Crippen molar-refractivity contribution < 1.29 is 17.3 Å². The molecule has 0 heterocycles. The molecule has 0 saturated carbocycles. The Morgan fingerprint density at radius 1 is 1.27 bits per heavy atom. The van der Waals surface area contributed by atoms with E-state index in [1.807, 2.05) is 12.1 Å². The quantitative estimate of drug-likeness (QED) is 0.395. The molecule has 0 amide bonds. The van der Waals surface area contributed by atoms with E-state index in [2.05, 4.69) is 11.6 Å². The van der Waals surface area contributed by atoms with Crippen LogP contribution in [0.4, 0.5) is 23.0 Å². The summed E-state index contributed by atoms with van der Waals surface area (Å²) in [7, 11) is -6.00. The molecule has 80 valence electrons. The third-order valence-corrected chi connectivity index (χ3v) is 1.22. The van der Waals surface area contributed by atoms with Crippen molar-refractivity contribution in [2.75, 3.05) is 0 Å². The highest BCUT2D eigenvalue weighted by Crippen LogP contribution is 2.13. The van der Waals surface area contributed by atoms with E-state index in [1.54, 1.807) is 18.2 Å². The highest BCUT2D eigenvalue weighted by molar-refractivity contribution is 6.50. The maximum Gasteiger partial charge on any atom is 0.673 e. The van der Waals surface area contributed by atoms with E-state index in [0.717, 1.165) is 5.56 Å². The van der Waals surface area contributed by atoms with E-state index < -0.39 is 7.25 Å². The van der Waals surface area contributed by atoms with Crippen LogP contribution in [-0.2, 0) is 0 Å². The van der Waals surface area contributed by atoms with E-state index in [9.17, 15) is 17.3 Å². The van der Waals surface area contributed by atoms with Crippen LogP contribution in [0.5, 0.6) is 0 Å². The van der Waals surface area contributed by atoms with Gasteiger partial charge in [0.05, 0.1) is 0 Å². The van der Waals surface area contributed by atoms with Crippen LogP contribution in [0, 0.1) is 5.39 Å². The zero-order valence-corrected chi connectivity index (χ0v) is 7.58. The molecule has 0 aromatic heterocycles. The lowest BCUT2D eigenvalue weighted by atomic mass is 10.2. The van der Waals surface area contributed by atoms with Crippen LogP contribution in [0.15, 0.2) is 30.8 Å². The van der Waals surface area contributed by atoms with Gasteiger partial charge in [-0.05, 0) is 5.56 Å². The molecule has 0 bridgehead atoms. The Morgan fingerprint density at radius 2 is 1.80 bits per heavy atom. The van der Waals surface area contributed by atoms with E-state index in [0.29, 0.717) is 5.69 Å². The second-order valence-electron chi connectivity index (χ2n) is 2.39. The molecule has 0 radical (unpaired) electrons. The van der Waals surface area contributed by atoms with Crippen LogP contribution in [0.2, 0.25) is 0 Å². The van der Waals surface area contributed by atoms with Gasteiger partial charge in [0.15, 0.2) is 4.98 Å². The SMILES string of the molecule is C=Cc1cccc([N+]#N)c1.F[B-](F)(F)F. The summed E-state index contributed by atoms with van der Waals surface area (Å²) in [5, 5.41) is 8.35. The Morgan fingerprint density at radius 3 is 2.20 bits per heavy atom. The third kappa shape index (κ3) is 8.49. The van der Waals surface area contributed by atoms with Crippen LogP contribution in [0.25, 0.3) is 11.1 Å². The Labute approximate surface area is 84.0 Å². The van der Waals surface area contributed by atoms with Crippen molar-refractivity contribution >= 4 is 19.0 Å². The van der Waals surface area contributed by atoms with Crippen molar-refractivity contribution in [3.63, 3.8) is 0 Å². The summed E-state index contributed by atoms with van der Waals surface area (Å²) in [6.07, 6.45) is 1.70. The van der Waals surface area contributed by atoms with Crippen LogP contribution in [0.3, 0.4) is 0 Å². The van der Waals surface area contributed by atoms with Crippen molar-refractivity contribution in [1.82, 2.24) is 0 Å². The Hall–Kier alpha value is -1.84. The largest absolute Gasteiger partial charge is 0.673 e. The number of benzene rings is 1. The standard InChI is InChI=1S/C8H7N2.BF4/c1-2-7-4-3-5-8(6-7)10-9;2-1(3,4)5/h2-6H,1H2;/q+1;-1. The first-order chi connectivity index (χ1) is 6.86. The van der Waals surface area contributed by atoms with Crippen LogP contribution in [-0.4, -0.2) is 7.25 Å². The van der Waals surface area contributed by atoms with Crippen molar-refractivity contribution in [2.24, 2.45) is 0 Å². The summed E-state index contributed by atoms with van der Waals surface area (Å²) in [5.41, 5.74) is 1.51. The van der Waals surface area contributed by atoms with Gasteiger partial charge in [0.1, 0.15) is 0 Å². The van der Waals surface area contributed by atoms with Gasteiger partial charge in [0.2, 0.25) is 5.39 Å². The zero-order valence-electron chi connectivity index (χ0n) is 7.58. The molecular weight excluding hydrogens is 211 g/mol. The molecule has 2 nitrogen and oxygen atoms in total. The van der Waals surface area contributed by atoms with Crippen molar-refractivity contribution in [3.05, 3.63) is 41.4 Å². The third-order valence-electron chi connectivity index (χ3n) is 1.22. The molecular formula is C8H7BF4N2. The number of hydrogen-bond donors (Lipinski definition) is 0. The first-order valence-electron chi connectivity index (χ1n) is 3.81. The Bertz CT molecular complexity index is 364. The van der Waals surface area contributed by atoms with Gasteiger partial charge in [0.25, 0.3) is 0 Å². The van der Waals surface area contributed by atoms with Gasteiger partial charge in [-0.1, -0.05) is 24.8 Å². The molecule has 0 spiro atoms. The summed E-state index contributed by atoms with van der Waals surface area (Å²) in [6.45, 7) is 3.58. The van der Waals surface area contributed by atoms with Gasteiger partial charge in [-0.3, -0.25) is 0 Å². The van der Waals surface area contributed by atoms with E-state index in [-0.39, 0.29) is 0 Å². The molecule has 0 atom stereocenters. The average Bonchev–Trinajstić information content (AvgIpc) is 2.15. The number of nitrogens with zero attached hydrogens (tertiary/aromatic N) is 2. The summed E-state index contributed by atoms with van der Waals surface area (Å²) in [4.78, 5) is 3.03. The predicted octanol–water partition coefficient (Wildman–Crippen LogP) is 4.11. The molecule has 7 heteroatoms. The Kier molecular flexibility index (Phi) is 5.09. The fourth-order valence-electron chi connectivity index (χ4n) is 0.714. The molecule has 0 N–H and O–H groups in total. The minimum Gasteiger partial charge on any atom is -0.418 e. The lowest BCUT2D eigenvalue weighted by Crippen LogP contribution is -2.02. The summed E-state index contributed by atoms with van der Waals surface area (Å²) >= 11 is 0. The van der Waals surface area contributed by atoms with Crippen LogP contribution in [0.1, 0.15) is 5.56 Å².